The minimum absolute atomic E-state index is 0.391. The lowest BCUT2D eigenvalue weighted by atomic mass is 10.3. The second-order valence-electron chi connectivity index (χ2n) is 4.07. The number of rotatable bonds is 7. The Bertz CT molecular complexity index is 312. The third-order valence-corrected chi connectivity index (χ3v) is 3.00. The van der Waals surface area contributed by atoms with Crippen molar-refractivity contribution in [3.63, 3.8) is 0 Å². The largest absolute Gasteiger partial charge is 0.375 e. The molecule has 4 heteroatoms. The van der Waals surface area contributed by atoms with E-state index in [0.717, 1.165) is 31.6 Å². The van der Waals surface area contributed by atoms with E-state index < -0.39 is 0 Å². The number of ether oxygens (including phenoxy) is 1. The molecule has 0 fully saturated rings. The predicted octanol–water partition coefficient (Wildman–Crippen LogP) is 3.82. The summed E-state index contributed by atoms with van der Waals surface area (Å²) in [4.78, 5) is 0. The smallest absolute Gasteiger partial charge is 0.107 e. The first-order valence-corrected chi connectivity index (χ1v) is 6.38. The molecule has 1 rings (SSSR count). The monoisotopic (exact) mass is 244 g/mol. The topological polar surface area (TPSA) is 27.1 Å². The maximum absolute atomic E-state index is 6.10. The molecule has 1 heterocycles. The lowest BCUT2D eigenvalue weighted by Gasteiger charge is -2.07. The molecule has 0 aromatic carbocycles. The highest BCUT2D eigenvalue weighted by atomic mass is 35.5. The Balaban J connectivity index is 2.50. The normalized spacial score (nSPS) is 13.0. The summed E-state index contributed by atoms with van der Waals surface area (Å²) in [6, 6.07) is 0.391. The van der Waals surface area contributed by atoms with Crippen molar-refractivity contribution in [1.82, 2.24) is 9.78 Å². The van der Waals surface area contributed by atoms with Gasteiger partial charge in [-0.2, -0.15) is 5.10 Å². The summed E-state index contributed by atoms with van der Waals surface area (Å²) in [5.41, 5.74) is 0.845. The minimum atomic E-state index is 0.391. The van der Waals surface area contributed by atoms with Crippen LogP contribution in [0, 0.1) is 0 Å². The highest BCUT2D eigenvalue weighted by Gasteiger charge is 2.10. The summed E-state index contributed by atoms with van der Waals surface area (Å²) in [5.74, 6) is 0. The summed E-state index contributed by atoms with van der Waals surface area (Å²) in [5, 5.41) is 5.14. The van der Waals surface area contributed by atoms with Gasteiger partial charge in [-0.05, 0) is 19.8 Å². The van der Waals surface area contributed by atoms with E-state index in [0.29, 0.717) is 17.7 Å². The molecule has 0 bridgehead atoms. The van der Waals surface area contributed by atoms with Crippen molar-refractivity contribution in [3.05, 3.63) is 16.9 Å². The summed E-state index contributed by atoms with van der Waals surface area (Å²) in [6.07, 6.45) is 5.17. The Morgan fingerprint density at radius 1 is 1.50 bits per heavy atom. The third kappa shape index (κ3) is 3.80. The molecule has 3 nitrogen and oxygen atoms in total. The molecule has 16 heavy (non-hydrogen) atoms. The van der Waals surface area contributed by atoms with Crippen molar-refractivity contribution in [2.24, 2.45) is 0 Å². The Hall–Kier alpha value is -0.540. The molecule has 0 aliphatic heterocycles. The number of aromatic nitrogens is 2. The maximum Gasteiger partial charge on any atom is 0.107 e. The summed E-state index contributed by atoms with van der Waals surface area (Å²) >= 11 is 6.10. The van der Waals surface area contributed by atoms with E-state index in [1.165, 1.54) is 0 Å². The van der Waals surface area contributed by atoms with E-state index in [1.807, 2.05) is 10.9 Å². The molecule has 92 valence electrons. The van der Waals surface area contributed by atoms with Gasteiger partial charge in [0, 0.05) is 18.8 Å². The average Bonchev–Trinajstić information content (AvgIpc) is 2.65. The van der Waals surface area contributed by atoms with E-state index in [4.69, 9.17) is 16.3 Å². The molecule has 0 radical (unpaired) electrons. The van der Waals surface area contributed by atoms with E-state index in [2.05, 4.69) is 25.9 Å². The van der Waals surface area contributed by atoms with Crippen LogP contribution in [0.3, 0.4) is 0 Å². The van der Waals surface area contributed by atoms with Gasteiger partial charge in [0.1, 0.15) is 5.69 Å². The van der Waals surface area contributed by atoms with E-state index in [-0.39, 0.29) is 0 Å². The molecule has 1 aromatic heterocycles. The predicted molar refractivity (Wildman–Crippen MR) is 66.8 cm³/mol. The molecule has 0 N–H and O–H groups in total. The van der Waals surface area contributed by atoms with Crippen molar-refractivity contribution >= 4 is 11.6 Å². The zero-order valence-corrected chi connectivity index (χ0v) is 11.1. The van der Waals surface area contributed by atoms with Crippen LogP contribution in [0.2, 0.25) is 5.02 Å². The molecule has 1 atom stereocenters. The van der Waals surface area contributed by atoms with Gasteiger partial charge in [0.15, 0.2) is 0 Å². The van der Waals surface area contributed by atoms with Crippen LogP contribution in [0.4, 0.5) is 0 Å². The van der Waals surface area contributed by atoms with Gasteiger partial charge in [0.25, 0.3) is 0 Å². The Labute approximate surface area is 103 Å². The number of hydrogen-bond donors (Lipinski definition) is 0. The molecule has 0 amide bonds. The first kappa shape index (κ1) is 13.5. The maximum atomic E-state index is 6.10. The van der Waals surface area contributed by atoms with Gasteiger partial charge in [-0.25, -0.2) is 0 Å². The molecule has 0 saturated carbocycles. The lowest BCUT2D eigenvalue weighted by molar-refractivity contribution is 0.115. The average molecular weight is 245 g/mol. The lowest BCUT2D eigenvalue weighted by Crippen LogP contribution is -2.05. The minimum Gasteiger partial charge on any atom is -0.375 e. The number of hydrogen-bond acceptors (Lipinski definition) is 2. The SMILES string of the molecule is CCCCOCc1nn([C@H](C)CC)cc1Cl. The summed E-state index contributed by atoms with van der Waals surface area (Å²) in [6.45, 7) is 7.71. The van der Waals surface area contributed by atoms with E-state index in [1.54, 1.807) is 0 Å². The van der Waals surface area contributed by atoms with Crippen LogP contribution in [-0.2, 0) is 11.3 Å². The first-order chi connectivity index (χ1) is 7.69. The third-order valence-electron chi connectivity index (χ3n) is 2.68. The molecular formula is C12H21ClN2O. The zero-order valence-electron chi connectivity index (χ0n) is 10.4. The molecule has 1 aromatic rings. The van der Waals surface area contributed by atoms with E-state index in [9.17, 15) is 0 Å². The molecular weight excluding hydrogens is 224 g/mol. The van der Waals surface area contributed by atoms with E-state index >= 15 is 0 Å². The standard InChI is InChI=1S/C12H21ClN2O/c1-4-6-7-16-9-12-11(13)8-15(14-12)10(3)5-2/h8,10H,4-7,9H2,1-3H3/t10-/m1/s1. The second-order valence-corrected chi connectivity index (χ2v) is 4.47. The Kier molecular flexibility index (Phi) is 5.85. The highest BCUT2D eigenvalue weighted by molar-refractivity contribution is 6.31. The first-order valence-electron chi connectivity index (χ1n) is 6.00. The van der Waals surface area contributed by atoms with Crippen LogP contribution in [0.15, 0.2) is 6.20 Å². The van der Waals surface area contributed by atoms with Crippen molar-refractivity contribution < 1.29 is 4.74 Å². The molecule has 0 aliphatic rings. The Morgan fingerprint density at radius 2 is 2.25 bits per heavy atom. The molecule has 0 aliphatic carbocycles. The van der Waals surface area contributed by atoms with Gasteiger partial charge in [0.2, 0.25) is 0 Å². The summed E-state index contributed by atoms with van der Waals surface area (Å²) in [7, 11) is 0. The van der Waals surface area contributed by atoms with Crippen molar-refractivity contribution in [3.8, 4) is 0 Å². The molecule has 0 unspecified atom stereocenters. The van der Waals surface area contributed by atoms with Crippen LogP contribution < -0.4 is 0 Å². The quantitative estimate of drug-likeness (QED) is 0.682. The summed E-state index contributed by atoms with van der Waals surface area (Å²) < 4.78 is 7.42. The van der Waals surface area contributed by atoms with Crippen molar-refractivity contribution in [1.29, 1.82) is 0 Å². The van der Waals surface area contributed by atoms with Gasteiger partial charge < -0.3 is 4.74 Å². The highest BCUT2D eigenvalue weighted by Crippen LogP contribution is 2.19. The van der Waals surface area contributed by atoms with Crippen molar-refractivity contribution in [2.45, 2.75) is 52.7 Å². The number of unbranched alkanes of at least 4 members (excludes halogenated alkanes) is 1. The fraction of sp³-hybridized carbons (Fsp3) is 0.750. The van der Waals surface area contributed by atoms with Gasteiger partial charge in [-0.1, -0.05) is 31.9 Å². The van der Waals surface area contributed by atoms with Crippen LogP contribution in [0.5, 0.6) is 0 Å². The number of halogens is 1. The van der Waals surface area contributed by atoms with Crippen LogP contribution >= 0.6 is 11.6 Å². The van der Waals surface area contributed by atoms with Crippen LogP contribution in [0.1, 0.15) is 51.8 Å². The van der Waals surface area contributed by atoms with Crippen LogP contribution in [-0.4, -0.2) is 16.4 Å². The molecule has 0 saturated heterocycles. The van der Waals surface area contributed by atoms with Crippen LogP contribution in [0.25, 0.3) is 0 Å². The number of nitrogens with zero attached hydrogens (tertiary/aromatic N) is 2. The Morgan fingerprint density at radius 3 is 2.88 bits per heavy atom. The fourth-order valence-electron chi connectivity index (χ4n) is 1.33. The van der Waals surface area contributed by atoms with Gasteiger partial charge in [0.05, 0.1) is 11.6 Å². The van der Waals surface area contributed by atoms with Gasteiger partial charge in [-0.15, -0.1) is 0 Å². The zero-order chi connectivity index (χ0) is 12.0. The van der Waals surface area contributed by atoms with Gasteiger partial charge in [-0.3, -0.25) is 4.68 Å². The van der Waals surface area contributed by atoms with Gasteiger partial charge >= 0.3 is 0 Å². The molecule has 0 spiro atoms. The fourth-order valence-corrected chi connectivity index (χ4v) is 1.52. The second kappa shape index (κ2) is 6.92. The van der Waals surface area contributed by atoms with Crippen molar-refractivity contribution in [2.75, 3.05) is 6.61 Å².